The Morgan fingerprint density at radius 1 is 0.824 bits per heavy atom. The standard InChI is InChI=1S/C24H26ClNO6S2/c1-17(19-6-10-21(11-7-19)33(4,27)28)26(34(29,30)22-12-8-20(25)9-13-22)16-18-5-14-23(31-2)24(15-18)32-3/h5-15,17H,16H2,1-4H3. The number of benzene rings is 3. The second kappa shape index (κ2) is 10.4. The lowest BCUT2D eigenvalue weighted by Gasteiger charge is -2.29. The fourth-order valence-corrected chi connectivity index (χ4v) is 5.86. The Labute approximate surface area is 205 Å². The molecule has 1 unspecified atom stereocenters. The molecule has 0 fully saturated rings. The topological polar surface area (TPSA) is 90.0 Å². The molecule has 0 spiro atoms. The van der Waals surface area contributed by atoms with Crippen LogP contribution in [0.2, 0.25) is 5.02 Å². The Kier molecular flexibility index (Phi) is 7.92. The molecule has 3 aromatic carbocycles. The van der Waals surface area contributed by atoms with Crippen molar-refractivity contribution in [1.29, 1.82) is 0 Å². The van der Waals surface area contributed by atoms with Crippen LogP contribution < -0.4 is 9.47 Å². The normalized spacial score (nSPS) is 13.0. The predicted molar refractivity (Wildman–Crippen MR) is 132 cm³/mol. The van der Waals surface area contributed by atoms with E-state index in [2.05, 4.69) is 0 Å². The molecule has 1 atom stereocenters. The molecule has 0 aliphatic carbocycles. The molecule has 182 valence electrons. The summed E-state index contributed by atoms with van der Waals surface area (Å²) in [5, 5.41) is 0.426. The average molecular weight is 524 g/mol. The second-order valence-corrected chi connectivity index (χ2v) is 12.1. The minimum absolute atomic E-state index is 0.0420. The van der Waals surface area contributed by atoms with E-state index in [1.807, 2.05) is 0 Å². The van der Waals surface area contributed by atoms with Gasteiger partial charge in [-0.05, 0) is 66.6 Å². The summed E-state index contributed by atoms with van der Waals surface area (Å²) in [4.78, 5) is 0.257. The maximum atomic E-state index is 13.7. The first kappa shape index (κ1) is 26.0. The van der Waals surface area contributed by atoms with E-state index in [4.69, 9.17) is 21.1 Å². The van der Waals surface area contributed by atoms with Gasteiger partial charge in [0.25, 0.3) is 0 Å². The van der Waals surface area contributed by atoms with Crippen molar-refractivity contribution in [3.8, 4) is 11.5 Å². The number of sulfone groups is 1. The Bertz CT molecular complexity index is 1360. The molecule has 0 aromatic heterocycles. The molecule has 0 amide bonds. The molecule has 34 heavy (non-hydrogen) atoms. The summed E-state index contributed by atoms with van der Waals surface area (Å²) in [5.74, 6) is 1.01. The van der Waals surface area contributed by atoms with Gasteiger partial charge in [0.15, 0.2) is 21.3 Å². The van der Waals surface area contributed by atoms with Gasteiger partial charge in [0.05, 0.1) is 24.0 Å². The quantitative estimate of drug-likeness (QED) is 0.403. The zero-order valence-electron chi connectivity index (χ0n) is 19.2. The Morgan fingerprint density at radius 3 is 1.91 bits per heavy atom. The summed E-state index contributed by atoms with van der Waals surface area (Å²) in [5.41, 5.74) is 1.33. The van der Waals surface area contributed by atoms with Crippen molar-refractivity contribution in [1.82, 2.24) is 4.31 Å². The highest BCUT2D eigenvalue weighted by atomic mass is 35.5. The summed E-state index contributed by atoms with van der Waals surface area (Å²) in [6.07, 6.45) is 1.12. The van der Waals surface area contributed by atoms with E-state index in [9.17, 15) is 16.8 Å². The third kappa shape index (κ3) is 5.72. The van der Waals surface area contributed by atoms with Crippen molar-refractivity contribution in [2.75, 3.05) is 20.5 Å². The monoisotopic (exact) mass is 523 g/mol. The minimum atomic E-state index is -3.95. The first-order valence-corrected chi connectivity index (χ1v) is 14.0. The van der Waals surface area contributed by atoms with Crippen molar-refractivity contribution in [3.05, 3.63) is 82.9 Å². The van der Waals surface area contributed by atoms with Gasteiger partial charge in [-0.15, -0.1) is 0 Å². The minimum Gasteiger partial charge on any atom is -0.493 e. The lowest BCUT2D eigenvalue weighted by atomic mass is 10.1. The van der Waals surface area contributed by atoms with Crippen LogP contribution in [0.5, 0.6) is 11.5 Å². The van der Waals surface area contributed by atoms with Crippen molar-refractivity contribution in [2.24, 2.45) is 0 Å². The Morgan fingerprint density at radius 2 is 1.38 bits per heavy atom. The molecule has 0 radical (unpaired) electrons. The van der Waals surface area contributed by atoms with Gasteiger partial charge in [-0.25, -0.2) is 16.8 Å². The van der Waals surface area contributed by atoms with Crippen LogP contribution in [0.1, 0.15) is 24.1 Å². The summed E-state index contributed by atoms with van der Waals surface area (Å²) in [6, 6.07) is 16.8. The molecular formula is C24H26ClNO6S2. The summed E-state index contributed by atoms with van der Waals surface area (Å²) in [7, 11) is -4.29. The Balaban J connectivity index is 2.07. The maximum absolute atomic E-state index is 13.7. The molecule has 3 rings (SSSR count). The van der Waals surface area contributed by atoms with Gasteiger partial charge in [0.2, 0.25) is 10.0 Å². The third-order valence-electron chi connectivity index (χ3n) is 5.43. The SMILES string of the molecule is COc1ccc(CN(C(C)c2ccc(S(C)(=O)=O)cc2)S(=O)(=O)c2ccc(Cl)cc2)cc1OC. The van der Waals surface area contributed by atoms with Crippen LogP contribution >= 0.6 is 11.6 Å². The average Bonchev–Trinajstić information content (AvgIpc) is 2.81. The van der Waals surface area contributed by atoms with Crippen molar-refractivity contribution in [2.45, 2.75) is 29.3 Å². The first-order valence-electron chi connectivity index (χ1n) is 10.3. The largest absolute Gasteiger partial charge is 0.493 e. The number of ether oxygens (including phenoxy) is 2. The van der Waals surface area contributed by atoms with Crippen LogP contribution in [0.3, 0.4) is 0 Å². The molecule has 0 saturated carbocycles. The van der Waals surface area contributed by atoms with Crippen LogP contribution in [0.4, 0.5) is 0 Å². The molecule has 3 aromatic rings. The summed E-state index contributed by atoms with van der Waals surface area (Å²) in [6.45, 7) is 1.80. The second-order valence-electron chi connectivity index (χ2n) is 7.71. The number of sulfonamides is 1. The number of halogens is 1. The van der Waals surface area contributed by atoms with Gasteiger partial charge in [0.1, 0.15) is 0 Å². The van der Waals surface area contributed by atoms with Crippen LogP contribution in [0, 0.1) is 0 Å². The third-order valence-corrected chi connectivity index (χ3v) is 8.74. The van der Waals surface area contributed by atoms with E-state index in [-0.39, 0.29) is 16.3 Å². The fraction of sp³-hybridized carbons (Fsp3) is 0.250. The van der Waals surface area contributed by atoms with Crippen LogP contribution in [-0.4, -0.2) is 41.6 Å². The molecule has 0 aliphatic heterocycles. The van der Waals surface area contributed by atoms with Crippen molar-refractivity contribution >= 4 is 31.5 Å². The van der Waals surface area contributed by atoms with E-state index < -0.39 is 25.9 Å². The van der Waals surface area contributed by atoms with Gasteiger partial charge < -0.3 is 9.47 Å². The number of rotatable bonds is 9. The number of nitrogens with zero attached hydrogens (tertiary/aromatic N) is 1. The molecule has 0 saturated heterocycles. The number of methoxy groups -OCH3 is 2. The first-order chi connectivity index (χ1) is 16.0. The highest BCUT2D eigenvalue weighted by Gasteiger charge is 2.30. The lowest BCUT2D eigenvalue weighted by Crippen LogP contribution is -2.33. The zero-order valence-corrected chi connectivity index (χ0v) is 21.6. The van der Waals surface area contributed by atoms with Gasteiger partial charge in [-0.3, -0.25) is 0 Å². The van der Waals surface area contributed by atoms with Gasteiger partial charge in [0, 0.05) is 23.9 Å². The van der Waals surface area contributed by atoms with E-state index in [0.29, 0.717) is 27.6 Å². The Hall–Kier alpha value is -2.59. The van der Waals surface area contributed by atoms with E-state index in [0.717, 1.165) is 6.26 Å². The number of hydrogen-bond donors (Lipinski definition) is 0. The highest BCUT2D eigenvalue weighted by Crippen LogP contribution is 2.33. The molecule has 0 aliphatic rings. The lowest BCUT2D eigenvalue weighted by molar-refractivity contribution is 0.332. The predicted octanol–water partition coefficient (Wildman–Crippen LogP) is 4.71. The summed E-state index contributed by atoms with van der Waals surface area (Å²) < 4.78 is 63.1. The number of hydrogen-bond acceptors (Lipinski definition) is 6. The fourth-order valence-electron chi connectivity index (χ4n) is 3.49. The molecule has 0 bridgehead atoms. The molecule has 0 N–H and O–H groups in total. The molecule has 0 heterocycles. The van der Waals surface area contributed by atoms with E-state index >= 15 is 0 Å². The van der Waals surface area contributed by atoms with Crippen LogP contribution in [0.15, 0.2) is 76.5 Å². The van der Waals surface area contributed by atoms with Crippen molar-refractivity contribution < 1.29 is 26.3 Å². The van der Waals surface area contributed by atoms with E-state index in [1.54, 1.807) is 37.3 Å². The van der Waals surface area contributed by atoms with Gasteiger partial charge >= 0.3 is 0 Å². The maximum Gasteiger partial charge on any atom is 0.243 e. The van der Waals surface area contributed by atoms with Crippen LogP contribution in [-0.2, 0) is 26.4 Å². The van der Waals surface area contributed by atoms with Crippen molar-refractivity contribution in [3.63, 3.8) is 0 Å². The van der Waals surface area contributed by atoms with E-state index in [1.165, 1.54) is 54.9 Å². The van der Waals surface area contributed by atoms with Gasteiger partial charge in [-0.2, -0.15) is 4.31 Å². The molecule has 7 nitrogen and oxygen atoms in total. The smallest absolute Gasteiger partial charge is 0.243 e. The van der Waals surface area contributed by atoms with Gasteiger partial charge in [-0.1, -0.05) is 29.8 Å². The molecule has 10 heteroatoms. The highest BCUT2D eigenvalue weighted by molar-refractivity contribution is 7.90. The van der Waals surface area contributed by atoms with Crippen LogP contribution in [0.25, 0.3) is 0 Å². The molecular weight excluding hydrogens is 498 g/mol. The summed E-state index contributed by atoms with van der Waals surface area (Å²) >= 11 is 5.96. The zero-order chi connectivity index (χ0) is 25.1.